The molecule has 0 unspecified atom stereocenters. The van der Waals surface area contributed by atoms with Gasteiger partial charge in [-0.15, -0.1) is 0 Å². The van der Waals surface area contributed by atoms with Crippen LogP contribution >= 0.6 is 0 Å². The minimum Gasteiger partial charge on any atom is -0.493 e. The van der Waals surface area contributed by atoms with Gasteiger partial charge in [-0.3, -0.25) is 10.1 Å². The Morgan fingerprint density at radius 3 is 2.76 bits per heavy atom. The van der Waals surface area contributed by atoms with Crippen LogP contribution in [0.15, 0.2) is 23.4 Å². The van der Waals surface area contributed by atoms with Gasteiger partial charge in [0, 0.05) is 11.5 Å². The number of nitro benzene ring substituents is 1. The number of nitrogens with zero attached hydrogens (tertiary/aromatic N) is 2. The van der Waals surface area contributed by atoms with Gasteiger partial charge in [-0.25, -0.2) is 0 Å². The molecule has 7 nitrogen and oxygen atoms in total. The molecule has 0 aromatic heterocycles. The molecule has 0 heterocycles. The van der Waals surface area contributed by atoms with Gasteiger partial charge in [-0.05, 0) is 25.8 Å². The lowest BCUT2D eigenvalue weighted by atomic mass is 9.87. The number of benzene rings is 1. The second kappa shape index (κ2) is 6.92. The molecule has 0 aliphatic carbocycles. The van der Waals surface area contributed by atoms with Crippen molar-refractivity contribution in [2.75, 3.05) is 6.61 Å². The average Bonchev–Trinajstić information content (AvgIpc) is 2.43. The molecule has 116 valence electrons. The van der Waals surface area contributed by atoms with Crippen LogP contribution < -0.4 is 10.5 Å². The number of amidine groups is 1. The third-order valence-corrected chi connectivity index (χ3v) is 3.46. The van der Waals surface area contributed by atoms with E-state index in [4.69, 9.17) is 15.7 Å². The van der Waals surface area contributed by atoms with Gasteiger partial charge in [-0.2, -0.15) is 0 Å². The lowest BCUT2D eigenvalue weighted by Crippen LogP contribution is -2.32. The van der Waals surface area contributed by atoms with E-state index in [9.17, 15) is 10.1 Å². The van der Waals surface area contributed by atoms with Gasteiger partial charge < -0.3 is 15.7 Å². The maximum Gasteiger partial charge on any atom is 0.276 e. The number of nitro groups is 1. The first kappa shape index (κ1) is 16.7. The predicted octanol–water partition coefficient (Wildman–Crippen LogP) is 2.83. The number of hydrogen-bond donors (Lipinski definition) is 2. The molecular weight excluding hydrogens is 274 g/mol. The average molecular weight is 295 g/mol. The third-order valence-electron chi connectivity index (χ3n) is 3.46. The normalized spacial score (nSPS) is 12.2. The van der Waals surface area contributed by atoms with Crippen LogP contribution in [0.3, 0.4) is 0 Å². The van der Waals surface area contributed by atoms with Crippen LogP contribution in [0.5, 0.6) is 5.75 Å². The molecule has 0 saturated heterocycles. The maximum absolute atomic E-state index is 10.8. The minimum atomic E-state index is -0.427. The van der Waals surface area contributed by atoms with E-state index < -0.39 is 10.3 Å². The van der Waals surface area contributed by atoms with E-state index in [1.54, 1.807) is 19.1 Å². The van der Waals surface area contributed by atoms with Crippen LogP contribution in [-0.4, -0.2) is 22.6 Å². The van der Waals surface area contributed by atoms with E-state index in [0.29, 0.717) is 30.8 Å². The Morgan fingerprint density at radius 1 is 1.52 bits per heavy atom. The summed E-state index contributed by atoms with van der Waals surface area (Å²) in [6.45, 7) is 5.82. The van der Waals surface area contributed by atoms with Gasteiger partial charge >= 0.3 is 0 Å². The summed E-state index contributed by atoms with van der Waals surface area (Å²) in [6, 6.07) is 4.75. The Labute approximate surface area is 123 Å². The van der Waals surface area contributed by atoms with Crippen LogP contribution in [0.25, 0.3) is 0 Å². The summed E-state index contributed by atoms with van der Waals surface area (Å²) in [7, 11) is 0. The Morgan fingerprint density at radius 2 is 2.19 bits per heavy atom. The van der Waals surface area contributed by atoms with E-state index in [1.165, 1.54) is 6.07 Å². The van der Waals surface area contributed by atoms with E-state index in [0.717, 1.165) is 0 Å². The highest BCUT2D eigenvalue weighted by molar-refractivity contribution is 5.85. The molecule has 0 fully saturated rings. The lowest BCUT2D eigenvalue weighted by Gasteiger charge is -2.22. The molecule has 0 radical (unpaired) electrons. The molecule has 21 heavy (non-hydrogen) atoms. The van der Waals surface area contributed by atoms with Crippen molar-refractivity contribution in [3.63, 3.8) is 0 Å². The lowest BCUT2D eigenvalue weighted by molar-refractivity contribution is -0.385. The van der Waals surface area contributed by atoms with Crippen molar-refractivity contribution in [3.8, 4) is 5.75 Å². The third kappa shape index (κ3) is 4.34. The first-order chi connectivity index (χ1) is 9.79. The van der Waals surface area contributed by atoms with Crippen molar-refractivity contribution >= 4 is 11.5 Å². The number of ether oxygens (including phenoxy) is 1. The SMILES string of the molecule is Cc1c(OCCCC(C)(C)C(N)=NO)cccc1[N+](=O)[O-]. The summed E-state index contributed by atoms with van der Waals surface area (Å²) in [6.07, 6.45) is 1.36. The van der Waals surface area contributed by atoms with Crippen LogP contribution in [0.4, 0.5) is 5.69 Å². The van der Waals surface area contributed by atoms with Crippen LogP contribution in [0, 0.1) is 22.5 Å². The zero-order chi connectivity index (χ0) is 16.0. The Kier molecular flexibility index (Phi) is 5.52. The molecule has 0 amide bonds. The quantitative estimate of drug-likeness (QED) is 0.201. The number of oxime groups is 1. The molecular formula is C14H21N3O4. The van der Waals surface area contributed by atoms with E-state index >= 15 is 0 Å². The highest BCUT2D eigenvalue weighted by Crippen LogP contribution is 2.28. The molecule has 7 heteroatoms. The predicted molar refractivity (Wildman–Crippen MR) is 79.8 cm³/mol. The van der Waals surface area contributed by atoms with Gasteiger partial charge in [0.1, 0.15) is 11.6 Å². The fraction of sp³-hybridized carbons (Fsp3) is 0.500. The highest BCUT2D eigenvalue weighted by atomic mass is 16.6. The minimum absolute atomic E-state index is 0.0458. The molecule has 0 aliphatic heterocycles. The second-order valence-electron chi connectivity index (χ2n) is 5.48. The zero-order valence-corrected chi connectivity index (χ0v) is 12.5. The van der Waals surface area contributed by atoms with Crippen molar-refractivity contribution < 1.29 is 14.9 Å². The van der Waals surface area contributed by atoms with E-state index in [2.05, 4.69) is 5.16 Å². The Hall–Kier alpha value is -2.31. The van der Waals surface area contributed by atoms with E-state index in [-0.39, 0.29) is 11.5 Å². The number of rotatable bonds is 7. The summed E-state index contributed by atoms with van der Waals surface area (Å²) in [4.78, 5) is 10.4. The smallest absolute Gasteiger partial charge is 0.276 e. The maximum atomic E-state index is 10.8. The van der Waals surface area contributed by atoms with Gasteiger partial charge in [0.15, 0.2) is 0 Å². The fourth-order valence-corrected chi connectivity index (χ4v) is 1.92. The first-order valence-electron chi connectivity index (χ1n) is 6.64. The van der Waals surface area contributed by atoms with Crippen molar-refractivity contribution in [1.29, 1.82) is 0 Å². The van der Waals surface area contributed by atoms with Gasteiger partial charge in [0.05, 0.1) is 17.1 Å². The molecule has 1 aromatic rings. The highest BCUT2D eigenvalue weighted by Gasteiger charge is 2.23. The number of nitrogens with two attached hydrogens (primary N) is 1. The zero-order valence-electron chi connectivity index (χ0n) is 12.5. The monoisotopic (exact) mass is 295 g/mol. The summed E-state index contributed by atoms with van der Waals surface area (Å²) in [5, 5.41) is 22.6. The van der Waals surface area contributed by atoms with Crippen LogP contribution in [0.2, 0.25) is 0 Å². The fourth-order valence-electron chi connectivity index (χ4n) is 1.92. The van der Waals surface area contributed by atoms with Crippen molar-refractivity contribution in [2.45, 2.75) is 33.6 Å². The van der Waals surface area contributed by atoms with Crippen molar-refractivity contribution in [1.82, 2.24) is 0 Å². The summed E-state index contributed by atoms with van der Waals surface area (Å²) in [5.74, 6) is 0.680. The van der Waals surface area contributed by atoms with Crippen LogP contribution in [-0.2, 0) is 0 Å². The van der Waals surface area contributed by atoms with Gasteiger partial charge in [-0.1, -0.05) is 25.1 Å². The molecule has 1 rings (SSSR count). The summed E-state index contributed by atoms with van der Waals surface area (Å²) in [5.41, 5.74) is 5.74. The molecule has 0 atom stereocenters. The van der Waals surface area contributed by atoms with Gasteiger partial charge in [0.25, 0.3) is 5.69 Å². The number of hydrogen-bond acceptors (Lipinski definition) is 5. The van der Waals surface area contributed by atoms with Crippen molar-refractivity contribution in [2.24, 2.45) is 16.3 Å². The molecule has 0 saturated carbocycles. The summed E-state index contributed by atoms with van der Waals surface area (Å²) < 4.78 is 5.59. The van der Waals surface area contributed by atoms with Crippen LogP contribution in [0.1, 0.15) is 32.3 Å². The Bertz CT molecular complexity index is 541. The standard InChI is InChI=1S/C14H21N3O4/c1-10-11(17(19)20)6-4-7-12(10)21-9-5-8-14(2,3)13(15)16-18/h4,6-7,18H,5,8-9H2,1-3H3,(H2,15,16). The largest absolute Gasteiger partial charge is 0.493 e. The first-order valence-corrected chi connectivity index (χ1v) is 6.64. The molecule has 3 N–H and O–H groups in total. The molecule has 1 aromatic carbocycles. The van der Waals surface area contributed by atoms with E-state index in [1.807, 2.05) is 13.8 Å². The van der Waals surface area contributed by atoms with Crippen molar-refractivity contribution in [3.05, 3.63) is 33.9 Å². The molecule has 0 spiro atoms. The molecule has 0 bridgehead atoms. The topological polar surface area (TPSA) is 111 Å². The second-order valence-corrected chi connectivity index (χ2v) is 5.48. The molecule has 0 aliphatic rings. The Balaban J connectivity index is 2.58. The van der Waals surface area contributed by atoms with Gasteiger partial charge in [0.2, 0.25) is 0 Å². The summed E-state index contributed by atoms with van der Waals surface area (Å²) >= 11 is 0.